The van der Waals surface area contributed by atoms with Crippen LogP contribution in [-0.4, -0.2) is 5.11 Å². The van der Waals surface area contributed by atoms with Crippen LogP contribution in [-0.2, 0) is 6.61 Å². The Hall–Kier alpha value is -1.65. The van der Waals surface area contributed by atoms with Gasteiger partial charge in [-0.2, -0.15) is 0 Å². The summed E-state index contributed by atoms with van der Waals surface area (Å²) in [5.41, 5.74) is 1.04. The second-order valence-corrected chi connectivity index (χ2v) is 4.80. The summed E-state index contributed by atoms with van der Waals surface area (Å²) in [5.74, 6) is -0.568. The van der Waals surface area contributed by atoms with Crippen LogP contribution in [0.2, 0.25) is 5.02 Å². The van der Waals surface area contributed by atoms with E-state index in [0.717, 1.165) is 0 Å². The highest BCUT2D eigenvalue weighted by Gasteiger charge is 2.11. The fourth-order valence-electron chi connectivity index (χ4n) is 1.77. The van der Waals surface area contributed by atoms with Crippen molar-refractivity contribution in [2.45, 2.75) is 19.6 Å². The molecular weight excluding hydrogens is 286 g/mol. The summed E-state index contributed by atoms with van der Waals surface area (Å²) < 4.78 is 31.7. The lowest BCUT2D eigenvalue weighted by Gasteiger charge is -2.13. The summed E-state index contributed by atoms with van der Waals surface area (Å²) in [6.45, 7) is 1.67. The Kier molecular flexibility index (Phi) is 4.57. The molecule has 0 saturated carbocycles. The first-order valence-corrected chi connectivity index (χ1v) is 6.39. The Bertz CT molecular complexity index is 615. The molecule has 0 aromatic heterocycles. The molecule has 0 unspecified atom stereocenters. The molecule has 5 heteroatoms. The highest BCUT2D eigenvalue weighted by atomic mass is 35.5. The van der Waals surface area contributed by atoms with E-state index in [-0.39, 0.29) is 11.6 Å². The van der Waals surface area contributed by atoms with Crippen molar-refractivity contribution in [3.8, 4) is 5.75 Å². The Labute approximate surface area is 120 Å². The molecule has 0 aliphatic rings. The molecule has 0 saturated heterocycles. The maximum absolute atomic E-state index is 13.1. The number of aliphatic hydroxyl groups is 1. The molecule has 0 amide bonds. The van der Waals surface area contributed by atoms with Gasteiger partial charge in [-0.25, -0.2) is 8.78 Å². The lowest BCUT2D eigenvalue weighted by molar-refractivity contribution is 0.189. The van der Waals surface area contributed by atoms with Gasteiger partial charge < -0.3 is 9.84 Å². The Morgan fingerprint density at radius 3 is 2.60 bits per heavy atom. The van der Waals surface area contributed by atoms with Gasteiger partial charge in [0.15, 0.2) is 0 Å². The van der Waals surface area contributed by atoms with Gasteiger partial charge in [-0.05, 0) is 42.8 Å². The summed E-state index contributed by atoms with van der Waals surface area (Å²) in [7, 11) is 0. The third-order valence-electron chi connectivity index (χ3n) is 2.80. The monoisotopic (exact) mass is 298 g/mol. The number of hydrogen-bond donors (Lipinski definition) is 1. The SMILES string of the molecule is C[C@@H](O)c1cc(F)ccc1OCc1ccc(F)c(Cl)c1. The third kappa shape index (κ3) is 3.46. The first-order chi connectivity index (χ1) is 9.47. The number of rotatable bonds is 4. The van der Waals surface area contributed by atoms with Crippen LogP contribution >= 0.6 is 11.6 Å². The van der Waals surface area contributed by atoms with Crippen molar-refractivity contribution in [2.24, 2.45) is 0 Å². The summed E-state index contributed by atoms with van der Waals surface area (Å²) in [6.07, 6.45) is -0.850. The maximum Gasteiger partial charge on any atom is 0.141 e. The van der Waals surface area contributed by atoms with Crippen molar-refractivity contribution < 1.29 is 18.6 Å². The van der Waals surface area contributed by atoms with E-state index in [2.05, 4.69) is 0 Å². The summed E-state index contributed by atoms with van der Waals surface area (Å²) in [6, 6.07) is 8.18. The fourth-order valence-corrected chi connectivity index (χ4v) is 1.97. The van der Waals surface area contributed by atoms with Gasteiger partial charge in [0.05, 0.1) is 11.1 Å². The predicted molar refractivity (Wildman–Crippen MR) is 72.8 cm³/mol. The largest absolute Gasteiger partial charge is 0.489 e. The van der Waals surface area contributed by atoms with E-state index in [9.17, 15) is 13.9 Å². The minimum atomic E-state index is -0.850. The lowest BCUT2D eigenvalue weighted by Crippen LogP contribution is -2.02. The fraction of sp³-hybridized carbons (Fsp3) is 0.200. The molecule has 1 N–H and O–H groups in total. The average Bonchev–Trinajstić information content (AvgIpc) is 2.41. The summed E-state index contributed by atoms with van der Waals surface area (Å²) >= 11 is 5.68. The van der Waals surface area contributed by atoms with E-state index in [4.69, 9.17) is 16.3 Å². The van der Waals surface area contributed by atoms with Gasteiger partial charge in [0.2, 0.25) is 0 Å². The van der Waals surface area contributed by atoms with Crippen molar-refractivity contribution in [3.63, 3.8) is 0 Å². The molecule has 0 spiro atoms. The normalized spacial score (nSPS) is 12.2. The molecule has 2 rings (SSSR count). The van der Waals surface area contributed by atoms with Crippen LogP contribution in [0.15, 0.2) is 36.4 Å². The second kappa shape index (κ2) is 6.20. The molecule has 0 heterocycles. The minimum absolute atomic E-state index is 0.0148. The predicted octanol–water partition coefficient (Wildman–Crippen LogP) is 4.25. The number of halogens is 3. The molecule has 0 fully saturated rings. The standard InChI is InChI=1S/C15H13ClF2O2/c1-9(19)12-7-11(17)3-5-15(12)20-8-10-2-4-14(18)13(16)6-10/h2-7,9,19H,8H2,1H3/t9-/m1/s1. The molecule has 1 atom stereocenters. The van der Waals surface area contributed by atoms with Crippen molar-refractivity contribution >= 4 is 11.6 Å². The molecule has 0 aliphatic heterocycles. The van der Waals surface area contributed by atoms with Gasteiger partial charge in [0.25, 0.3) is 0 Å². The van der Waals surface area contributed by atoms with Crippen molar-refractivity contribution in [3.05, 3.63) is 64.2 Å². The van der Waals surface area contributed by atoms with Crippen LogP contribution in [0.5, 0.6) is 5.75 Å². The maximum atomic E-state index is 13.1. The van der Waals surface area contributed by atoms with Crippen LogP contribution in [0, 0.1) is 11.6 Å². The molecule has 0 radical (unpaired) electrons. The topological polar surface area (TPSA) is 29.5 Å². The van der Waals surface area contributed by atoms with Gasteiger partial charge >= 0.3 is 0 Å². The Balaban J connectivity index is 2.16. The number of aliphatic hydroxyl groups excluding tert-OH is 1. The molecule has 2 aromatic rings. The van der Waals surface area contributed by atoms with E-state index < -0.39 is 17.7 Å². The van der Waals surface area contributed by atoms with Crippen LogP contribution in [0.25, 0.3) is 0 Å². The Morgan fingerprint density at radius 2 is 1.95 bits per heavy atom. The highest BCUT2D eigenvalue weighted by molar-refractivity contribution is 6.30. The van der Waals surface area contributed by atoms with E-state index >= 15 is 0 Å². The van der Waals surface area contributed by atoms with Crippen molar-refractivity contribution in [2.75, 3.05) is 0 Å². The van der Waals surface area contributed by atoms with Gasteiger partial charge in [-0.15, -0.1) is 0 Å². The zero-order chi connectivity index (χ0) is 14.7. The number of hydrogen-bond acceptors (Lipinski definition) is 2. The van der Waals surface area contributed by atoms with E-state index in [1.165, 1.54) is 37.3 Å². The smallest absolute Gasteiger partial charge is 0.141 e. The van der Waals surface area contributed by atoms with E-state index in [1.807, 2.05) is 0 Å². The van der Waals surface area contributed by atoms with Crippen LogP contribution in [0.3, 0.4) is 0 Å². The van der Waals surface area contributed by atoms with Gasteiger partial charge in [0, 0.05) is 5.56 Å². The molecular formula is C15H13ClF2O2. The average molecular weight is 299 g/mol. The number of ether oxygens (including phenoxy) is 1. The van der Waals surface area contributed by atoms with Gasteiger partial charge in [-0.1, -0.05) is 17.7 Å². The first kappa shape index (κ1) is 14.8. The van der Waals surface area contributed by atoms with Crippen LogP contribution in [0.1, 0.15) is 24.2 Å². The van der Waals surface area contributed by atoms with Crippen LogP contribution < -0.4 is 4.74 Å². The quantitative estimate of drug-likeness (QED) is 0.914. The number of benzene rings is 2. The molecule has 2 aromatic carbocycles. The Morgan fingerprint density at radius 1 is 1.20 bits per heavy atom. The minimum Gasteiger partial charge on any atom is -0.489 e. The van der Waals surface area contributed by atoms with Gasteiger partial charge in [0.1, 0.15) is 24.0 Å². The molecule has 2 nitrogen and oxygen atoms in total. The zero-order valence-electron chi connectivity index (χ0n) is 10.7. The van der Waals surface area contributed by atoms with Crippen LogP contribution in [0.4, 0.5) is 8.78 Å². The second-order valence-electron chi connectivity index (χ2n) is 4.40. The van der Waals surface area contributed by atoms with E-state index in [1.54, 1.807) is 6.07 Å². The van der Waals surface area contributed by atoms with Crippen molar-refractivity contribution in [1.29, 1.82) is 0 Å². The molecule has 0 aliphatic carbocycles. The molecule has 0 bridgehead atoms. The summed E-state index contributed by atoms with van der Waals surface area (Å²) in [5, 5.41) is 9.60. The lowest BCUT2D eigenvalue weighted by atomic mass is 10.1. The molecule has 106 valence electrons. The third-order valence-corrected chi connectivity index (χ3v) is 3.09. The van der Waals surface area contributed by atoms with Gasteiger partial charge in [-0.3, -0.25) is 0 Å². The van der Waals surface area contributed by atoms with E-state index in [0.29, 0.717) is 16.9 Å². The molecule has 20 heavy (non-hydrogen) atoms. The summed E-state index contributed by atoms with van der Waals surface area (Å²) in [4.78, 5) is 0. The zero-order valence-corrected chi connectivity index (χ0v) is 11.5. The first-order valence-electron chi connectivity index (χ1n) is 6.01. The van der Waals surface area contributed by atoms with Crippen molar-refractivity contribution in [1.82, 2.24) is 0 Å². The highest BCUT2D eigenvalue weighted by Crippen LogP contribution is 2.27.